The second kappa shape index (κ2) is 11.2. The second-order valence-corrected chi connectivity index (χ2v) is 8.62. The maximum Gasteiger partial charge on any atom is 0.338 e. The number of ether oxygens (including phenoxy) is 1. The zero-order chi connectivity index (χ0) is 25.5. The van der Waals surface area contributed by atoms with Crippen LogP contribution >= 0.6 is 11.6 Å². The Morgan fingerprint density at radius 1 is 0.917 bits per heavy atom. The summed E-state index contributed by atoms with van der Waals surface area (Å²) < 4.78 is 5.63. The van der Waals surface area contributed by atoms with Crippen molar-refractivity contribution in [3.8, 4) is 12.1 Å². The largest absolute Gasteiger partial charge is 0.457 e. The van der Waals surface area contributed by atoms with Crippen LogP contribution in [0.25, 0.3) is 0 Å². The number of benzene rings is 3. The van der Waals surface area contributed by atoms with Crippen LogP contribution in [-0.4, -0.2) is 12.0 Å². The lowest BCUT2D eigenvalue weighted by Crippen LogP contribution is -2.46. The molecule has 1 aliphatic heterocycles. The van der Waals surface area contributed by atoms with Crippen molar-refractivity contribution in [3.05, 3.63) is 117 Å². The van der Waals surface area contributed by atoms with Gasteiger partial charge in [-0.1, -0.05) is 48.0 Å². The van der Waals surface area contributed by atoms with E-state index in [0.29, 0.717) is 45.8 Å². The van der Waals surface area contributed by atoms with Crippen molar-refractivity contribution < 1.29 is 14.3 Å². The average molecular weight is 497 g/mol. The molecule has 178 valence electrons. The van der Waals surface area contributed by atoms with Crippen molar-refractivity contribution in [1.82, 2.24) is 10.6 Å². The molecule has 2 N–H and O–H groups in total. The van der Waals surface area contributed by atoms with Gasteiger partial charge in [-0.05, 0) is 65.9 Å². The van der Waals surface area contributed by atoms with Gasteiger partial charge >= 0.3 is 12.0 Å². The van der Waals surface area contributed by atoms with E-state index in [1.807, 2.05) is 18.2 Å². The summed E-state index contributed by atoms with van der Waals surface area (Å²) >= 11 is 6.11. The summed E-state index contributed by atoms with van der Waals surface area (Å²) in [4.78, 5) is 26.0. The van der Waals surface area contributed by atoms with Crippen LogP contribution in [0.15, 0.2) is 84.1 Å². The molecule has 3 aromatic carbocycles. The molecular weight excluding hydrogens is 476 g/mol. The molecule has 1 atom stereocenters. The lowest BCUT2D eigenvalue weighted by atomic mass is 9.92. The Hall–Kier alpha value is -4.59. The average Bonchev–Trinajstić information content (AvgIpc) is 2.90. The summed E-state index contributed by atoms with van der Waals surface area (Å²) in [6.45, 7) is -0.0433. The number of halogens is 1. The molecular formula is C28H21ClN4O3. The molecule has 8 heteroatoms. The zero-order valence-electron chi connectivity index (χ0n) is 19.1. The summed E-state index contributed by atoms with van der Waals surface area (Å²) in [6, 6.07) is 23.8. The van der Waals surface area contributed by atoms with Crippen LogP contribution in [0, 0.1) is 22.7 Å². The molecule has 1 unspecified atom stereocenters. The van der Waals surface area contributed by atoms with Crippen LogP contribution in [-0.2, 0) is 22.6 Å². The Labute approximate surface area is 213 Å². The SMILES string of the molecule is N#Cc1cccc(COC(=O)C2=C(CCc3cccc(Cl)c3)NC(=O)NC2c2cccc(C#N)c2)c1. The number of esters is 1. The van der Waals surface area contributed by atoms with Crippen LogP contribution in [0.3, 0.4) is 0 Å². The molecule has 0 saturated heterocycles. The van der Waals surface area contributed by atoms with Gasteiger partial charge in [0.1, 0.15) is 6.61 Å². The molecule has 0 bridgehead atoms. The topological polar surface area (TPSA) is 115 Å². The third-order valence-electron chi connectivity index (χ3n) is 5.70. The number of nitrogens with zero attached hydrogens (tertiary/aromatic N) is 2. The highest BCUT2D eigenvalue weighted by molar-refractivity contribution is 6.30. The Bertz CT molecular complexity index is 1430. The fraction of sp³-hybridized carbons (Fsp3) is 0.143. The van der Waals surface area contributed by atoms with Gasteiger partial charge < -0.3 is 15.4 Å². The van der Waals surface area contributed by atoms with Gasteiger partial charge in [0.2, 0.25) is 0 Å². The first kappa shape index (κ1) is 24.5. The van der Waals surface area contributed by atoms with Gasteiger partial charge in [0.25, 0.3) is 0 Å². The van der Waals surface area contributed by atoms with Crippen LogP contribution in [0.1, 0.15) is 40.3 Å². The third kappa shape index (κ3) is 5.90. The Morgan fingerprint density at radius 3 is 2.36 bits per heavy atom. The monoisotopic (exact) mass is 496 g/mol. The van der Waals surface area contributed by atoms with Crippen LogP contribution in [0.4, 0.5) is 4.79 Å². The molecule has 0 aromatic heterocycles. The van der Waals surface area contributed by atoms with Gasteiger partial charge in [0, 0.05) is 10.7 Å². The lowest BCUT2D eigenvalue weighted by Gasteiger charge is -2.29. The fourth-order valence-corrected chi connectivity index (χ4v) is 4.23. The maximum atomic E-state index is 13.4. The van der Waals surface area contributed by atoms with E-state index in [2.05, 4.69) is 22.8 Å². The van der Waals surface area contributed by atoms with Gasteiger partial charge in [-0.2, -0.15) is 10.5 Å². The molecule has 1 heterocycles. The number of carbonyl (C=O) groups excluding carboxylic acids is 2. The first-order valence-corrected chi connectivity index (χ1v) is 11.6. The van der Waals surface area contributed by atoms with Gasteiger partial charge in [-0.15, -0.1) is 0 Å². The number of nitrogens with one attached hydrogen (secondary N) is 2. The Balaban J connectivity index is 1.67. The van der Waals surface area contributed by atoms with Gasteiger partial charge in [-0.3, -0.25) is 0 Å². The predicted molar refractivity (Wildman–Crippen MR) is 133 cm³/mol. The first-order chi connectivity index (χ1) is 17.5. The molecule has 0 aliphatic carbocycles. The quantitative estimate of drug-likeness (QED) is 0.443. The maximum absolute atomic E-state index is 13.4. The highest BCUT2D eigenvalue weighted by atomic mass is 35.5. The van der Waals surface area contributed by atoms with E-state index >= 15 is 0 Å². The fourth-order valence-electron chi connectivity index (χ4n) is 4.01. The van der Waals surface area contributed by atoms with Crippen LogP contribution in [0.2, 0.25) is 5.02 Å². The number of nitriles is 2. The second-order valence-electron chi connectivity index (χ2n) is 8.18. The van der Waals surface area contributed by atoms with Crippen molar-refractivity contribution in [3.63, 3.8) is 0 Å². The normalized spacial score (nSPS) is 14.8. The lowest BCUT2D eigenvalue weighted by molar-refractivity contribution is -0.140. The summed E-state index contributed by atoms with van der Waals surface area (Å²) in [5.74, 6) is -0.613. The molecule has 0 radical (unpaired) electrons. The van der Waals surface area contributed by atoms with Crippen LogP contribution < -0.4 is 10.6 Å². The smallest absolute Gasteiger partial charge is 0.338 e. The van der Waals surface area contributed by atoms with Crippen molar-refractivity contribution in [2.45, 2.75) is 25.5 Å². The molecule has 4 rings (SSSR count). The summed E-state index contributed by atoms with van der Waals surface area (Å²) in [7, 11) is 0. The highest BCUT2D eigenvalue weighted by Gasteiger charge is 2.33. The Morgan fingerprint density at radius 2 is 1.61 bits per heavy atom. The summed E-state index contributed by atoms with van der Waals surface area (Å²) in [5.41, 5.74) is 3.75. The predicted octanol–water partition coefficient (Wildman–Crippen LogP) is 5.07. The Kier molecular flexibility index (Phi) is 7.65. The van der Waals surface area contributed by atoms with Crippen molar-refractivity contribution in [2.24, 2.45) is 0 Å². The number of rotatable bonds is 7. The minimum Gasteiger partial charge on any atom is -0.457 e. The number of hydrogen-bond acceptors (Lipinski definition) is 5. The molecule has 36 heavy (non-hydrogen) atoms. The number of amides is 2. The number of hydrogen-bond donors (Lipinski definition) is 2. The molecule has 0 spiro atoms. The van der Waals surface area contributed by atoms with E-state index in [4.69, 9.17) is 21.6 Å². The summed E-state index contributed by atoms with van der Waals surface area (Å²) in [5, 5.41) is 24.6. The number of aryl methyl sites for hydroxylation is 1. The molecule has 2 amide bonds. The molecule has 3 aromatic rings. The van der Waals surface area contributed by atoms with Gasteiger partial charge in [-0.25, -0.2) is 9.59 Å². The number of urea groups is 1. The van der Waals surface area contributed by atoms with Gasteiger partial charge in [0.05, 0.1) is 34.9 Å². The summed E-state index contributed by atoms with van der Waals surface area (Å²) in [6.07, 6.45) is 0.888. The van der Waals surface area contributed by atoms with Gasteiger partial charge in [0.15, 0.2) is 0 Å². The van der Waals surface area contributed by atoms with Crippen molar-refractivity contribution in [2.75, 3.05) is 0 Å². The minimum atomic E-state index is -0.806. The standard InChI is InChI=1S/C28H21ClN4O3/c29-23-9-3-4-18(14-23)10-11-24-25(27(34)36-17-21-7-1-5-19(12-21)15-30)26(33-28(35)32-24)22-8-2-6-20(13-22)16-31/h1-9,12-14,26H,10-11,17H2,(H2,32,33,35). The molecule has 0 fully saturated rings. The minimum absolute atomic E-state index is 0.0433. The van der Waals surface area contributed by atoms with Crippen molar-refractivity contribution >= 4 is 23.6 Å². The number of carbonyl (C=O) groups is 2. The van der Waals surface area contributed by atoms with E-state index in [1.54, 1.807) is 54.6 Å². The van der Waals surface area contributed by atoms with E-state index in [9.17, 15) is 14.9 Å². The van der Waals surface area contributed by atoms with Crippen LogP contribution in [0.5, 0.6) is 0 Å². The first-order valence-electron chi connectivity index (χ1n) is 11.2. The van der Waals surface area contributed by atoms with Crippen molar-refractivity contribution in [1.29, 1.82) is 10.5 Å². The molecule has 1 aliphatic rings. The highest BCUT2D eigenvalue weighted by Crippen LogP contribution is 2.30. The van der Waals surface area contributed by atoms with E-state index in [0.717, 1.165) is 5.56 Å². The van der Waals surface area contributed by atoms with E-state index in [1.165, 1.54) is 0 Å². The van der Waals surface area contributed by atoms with E-state index < -0.39 is 18.0 Å². The van der Waals surface area contributed by atoms with E-state index in [-0.39, 0.29) is 12.2 Å². The molecule has 0 saturated carbocycles. The number of allylic oxidation sites excluding steroid dienone is 1. The zero-order valence-corrected chi connectivity index (χ0v) is 19.9. The molecule has 7 nitrogen and oxygen atoms in total. The third-order valence-corrected chi connectivity index (χ3v) is 5.94.